The molecule has 3 aromatic rings. The maximum absolute atomic E-state index is 6.05. The van der Waals surface area contributed by atoms with Gasteiger partial charge in [0.2, 0.25) is 0 Å². The van der Waals surface area contributed by atoms with Crippen LogP contribution in [0.4, 0.5) is 0 Å². The van der Waals surface area contributed by atoms with Gasteiger partial charge in [-0.05, 0) is 16.7 Å². The lowest BCUT2D eigenvalue weighted by Crippen LogP contribution is -2.29. The van der Waals surface area contributed by atoms with E-state index in [9.17, 15) is 0 Å². The fraction of sp³-hybridized carbons (Fsp3) is 0. The van der Waals surface area contributed by atoms with Crippen molar-refractivity contribution in [2.75, 3.05) is 0 Å². The van der Waals surface area contributed by atoms with Crippen molar-refractivity contribution < 1.29 is 0 Å². The van der Waals surface area contributed by atoms with E-state index < -0.39 is 0 Å². The Labute approximate surface area is 164 Å². The summed E-state index contributed by atoms with van der Waals surface area (Å²) in [5.74, 6) is 0.0477. The molecule has 28 heavy (non-hydrogen) atoms. The number of rotatable bonds is 6. The van der Waals surface area contributed by atoms with Crippen molar-refractivity contribution in [3.63, 3.8) is 0 Å². The maximum atomic E-state index is 6.05. The topological polar surface area (TPSA) is 78.7 Å². The van der Waals surface area contributed by atoms with Gasteiger partial charge in [-0.2, -0.15) is 15.3 Å². The molecule has 0 saturated carbocycles. The third kappa shape index (κ3) is 6.03. The van der Waals surface area contributed by atoms with Crippen LogP contribution < -0.4 is 5.73 Å². The number of nitrogens with two attached hydrogens (primary N) is 1. The Balaban J connectivity index is 1.79. The highest BCUT2D eigenvalue weighted by molar-refractivity contribution is 5.86. The van der Waals surface area contributed by atoms with Crippen molar-refractivity contribution in [3.05, 3.63) is 108 Å². The quantitative estimate of drug-likeness (QED) is 0.409. The average Bonchev–Trinajstić information content (AvgIpc) is 2.76. The third-order valence-electron chi connectivity index (χ3n) is 3.60. The number of hydrogen-bond acceptors (Lipinski definition) is 4. The van der Waals surface area contributed by atoms with Gasteiger partial charge < -0.3 is 5.73 Å². The van der Waals surface area contributed by atoms with Gasteiger partial charge in [-0.1, -0.05) is 91.0 Å². The maximum Gasteiger partial charge on any atom is 0.259 e. The van der Waals surface area contributed by atoms with Gasteiger partial charge in [-0.3, -0.25) is 0 Å². The first-order valence-electron chi connectivity index (χ1n) is 8.71. The first-order chi connectivity index (χ1) is 13.8. The lowest BCUT2D eigenvalue weighted by Gasteiger charge is -2.10. The van der Waals surface area contributed by atoms with Crippen LogP contribution in [0, 0.1) is 0 Å². The predicted octanol–water partition coefficient (Wildman–Crippen LogP) is 3.71. The van der Waals surface area contributed by atoms with Gasteiger partial charge in [-0.25, -0.2) is 0 Å². The Hall–Kier alpha value is -4.06. The van der Waals surface area contributed by atoms with Crippen molar-refractivity contribution >= 4 is 24.6 Å². The summed E-state index contributed by atoms with van der Waals surface area (Å²) in [5, 5.41) is 17.9. The Morgan fingerprint density at radius 2 is 1.00 bits per heavy atom. The molecule has 0 bridgehead atoms. The zero-order chi connectivity index (χ0) is 19.4. The first-order valence-corrected chi connectivity index (χ1v) is 8.71. The molecule has 0 amide bonds. The molecule has 0 saturated heterocycles. The van der Waals surface area contributed by atoms with Crippen molar-refractivity contribution in [2.45, 2.75) is 0 Å². The zero-order valence-electron chi connectivity index (χ0n) is 15.2. The molecule has 0 heterocycles. The summed E-state index contributed by atoms with van der Waals surface area (Å²) in [7, 11) is 0. The van der Waals surface area contributed by atoms with E-state index in [4.69, 9.17) is 5.73 Å². The van der Waals surface area contributed by atoms with Crippen LogP contribution in [0.3, 0.4) is 0 Å². The van der Waals surface area contributed by atoms with Crippen molar-refractivity contribution in [1.82, 2.24) is 5.12 Å². The highest BCUT2D eigenvalue weighted by atomic mass is 15.7. The molecular weight excluding hydrogens is 348 g/mol. The summed E-state index contributed by atoms with van der Waals surface area (Å²) in [6.45, 7) is 0. The molecule has 2 N–H and O–H groups in total. The second kappa shape index (κ2) is 10.2. The van der Waals surface area contributed by atoms with Crippen LogP contribution in [0.25, 0.3) is 0 Å². The number of hydrazone groups is 2. The fourth-order valence-corrected chi connectivity index (χ4v) is 2.20. The summed E-state index contributed by atoms with van der Waals surface area (Å²) in [6.07, 6.45) is 4.93. The summed E-state index contributed by atoms with van der Waals surface area (Å²) in [6, 6.07) is 29.0. The zero-order valence-corrected chi connectivity index (χ0v) is 15.2. The molecule has 0 aliphatic rings. The highest BCUT2D eigenvalue weighted by Crippen LogP contribution is 2.00. The first kappa shape index (κ1) is 18.7. The molecule has 0 radical (unpaired) electrons. The smallest absolute Gasteiger partial charge is 0.259 e. The minimum atomic E-state index is 0.0477. The van der Waals surface area contributed by atoms with Crippen LogP contribution in [0.2, 0.25) is 0 Å². The van der Waals surface area contributed by atoms with Crippen LogP contribution in [-0.4, -0.2) is 29.7 Å². The Morgan fingerprint density at radius 3 is 1.43 bits per heavy atom. The molecule has 0 aliphatic carbocycles. The summed E-state index contributed by atoms with van der Waals surface area (Å²) < 4.78 is 0. The van der Waals surface area contributed by atoms with Gasteiger partial charge in [0, 0.05) is 0 Å². The Kier molecular flexibility index (Phi) is 6.81. The minimum Gasteiger partial charge on any atom is -0.365 e. The molecule has 0 fully saturated rings. The van der Waals surface area contributed by atoms with E-state index in [1.165, 1.54) is 5.12 Å². The van der Waals surface area contributed by atoms with Crippen molar-refractivity contribution in [2.24, 2.45) is 26.1 Å². The highest BCUT2D eigenvalue weighted by Gasteiger charge is 2.03. The standard InChI is InChI=1S/C22H20N6/c23-22(27-24-16-19-10-4-1-5-11-19)28(25-17-20-12-6-2-7-13-20)26-18-21-14-8-3-9-15-21/h1-18H,(H2,23,27). The molecule has 0 aliphatic heterocycles. The molecule has 138 valence electrons. The molecule has 3 aromatic carbocycles. The van der Waals surface area contributed by atoms with Crippen molar-refractivity contribution in [3.8, 4) is 0 Å². The van der Waals surface area contributed by atoms with Gasteiger partial charge in [0.05, 0.1) is 18.6 Å². The molecule has 6 heteroatoms. The van der Waals surface area contributed by atoms with E-state index in [2.05, 4.69) is 20.4 Å². The van der Waals surface area contributed by atoms with E-state index in [1.54, 1.807) is 18.6 Å². The van der Waals surface area contributed by atoms with Crippen LogP contribution >= 0.6 is 0 Å². The average molecular weight is 368 g/mol. The Morgan fingerprint density at radius 1 is 0.607 bits per heavy atom. The molecule has 6 nitrogen and oxygen atoms in total. The fourth-order valence-electron chi connectivity index (χ4n) is 2.20. The molecule has 0 atom stereocenters. The second-order valence-electron chi connectivity index (χ2n) is 5.71. The summed E-state index contributed by atoms with van der Waals surface area (Å²) in [4.78, 5) is 0. The van der Waals surface area contributed by atoms with E-state index in [1.807, 2.05) is 91.0 Å². The van der Waals surface area contributed by atoms with Crippen LogP contribution in [0.1, 0.15) is 16.7 Å². The van der Waals surface area contributed by atoms with Gasteiger partial charge >= 0.3 is 0 Å². The van der Waals surface area contributed by atoms with Gasteiger partial charge in [-0.15, -0.1) is 10.2 Å². The molecule has 0 aromatic heterocycles. The van der Waals surface area contributed by atoms with Crippen LogP contribution in [0.5, 0.6) is 0 Å². The lowest BCUT2D eigenvalue weighted by atomic mass is 10.2. The normalized spacial score (nSPS) is 12.2. The van der Waals surface area contributed by atoms with E-state index >= 15 is 0 Å². The van der Waals surface area contributed by atoms with Crippen LogP contribution in [-0.2, 0) is 0 Å². The third-order valence-corrected chi connectivity index (χ3v) is 3.60. The number of benzene rings is 3. The van der Waals surface area contributed by atoms with E-state index in [0.29, 0.717) is 0 Å². The second-order valence-corrected chi connectivity index (χ2v) is 5.71. The molecule has 0 spiro atoms. The van der Waals surface area contributed by atoms with E-state index in [0.717, 1.165) is 16.7 Å². The van der Waals surface area contributed by atoms with Gasteiger partial charge in [0.15, 0.2) is 0 Å². The number of hydrogen-bond donors (Lipinski definition) is 1. The van der Waals surface area contributed by atoms with Crippen LogP contribution in [0.15, 0.2) is 111 Å². The summed E-state index contributed by atoms with van der Waals surface area (Å²) >= 11 is 0. The molecular formula is C22H20N6. The lowest BCUT2D eigenvalue weighted by molar-refractivity contribution is 0.473. The predicted molar refractivity (Wildman–Crippen MR) is 116 cm³/mol. The van der Waals surface area contributed by atoms with Gasteiger partial charge in [0.1, 0.15) is 0 Å². The minimum absolute atomic E-state index is 0.0477. The molecule has 3 rings (SSSR count). The summed E-state index contributed by atoms with van der Waals surface area (Å²) in [5.41, 5.74) is 8.81. The van der Waals surface area contributed by atoms with Gasteiger partial charge in [0.25, 0.3) is 5.96 Å². The molecule has 0 unspecified atom stereocenters. The largest absolute Gasteiger partial charge is 0.365 e. The Bertz CT molecular complexity index is 914. The number of nitrogens with zero attached hydrogens (tertiary/aromatic N) is 5. The van der Waals surface area contributed by atoms with E-state index in [-0.39, 0.29) is 5.96 Å². The van der Waals surface area contributed by atoms with Crippen molar-refractivity contribution in [1.29, 1.82) is 0 Å². The number of guanidine groups is 1. The monoisotopic (exact) mass is 368 g/mol. The SMILES string of the molecule is NC(=NN=Cc1ccccc1)N(N=Cc1ccccc1)N=Cc1ccccc1.